The Bertz CT molecular complexity index is 658. The molecule has 1 fully saturated rings. The zero-order valence-electron chi connectivity index (χ0n) is 11.4. The van der Waals surface area contributed by atoms with Crippen LogP contribution in [0.1, 0.15) is 16.8 Å². The summed E-state index contributed by atoms with van der Waals surface area (Å²) in [7, 11) is 0. The van der Waals surface area contributed by atoms with E-state index >= 15 is 0 Å². The van der Waals surface area contributed by atoms with Crippen LogP contribution in [0.4, 0.5) is 0 Å². The minimum atomic E-state index is -0.324. The summed E-state index contributed by atoms with van der Waals surface area (Å²) in [5, 5.41) is 7.00. The van der Waals surface area contributed by atoms with E-state index in [1.807, 2.05) is 24.3 Å². The van der Waals surface area contributed by atoms with Crippen molar-refractivity contribution in [3.8, 4) is 0 Å². The molecule has 0 spiro atoms. The molecule has 1 aliphatic rings. The number of piperidine rings is 1. The number of nitrogens with one attached hydrogen (secondary N) is 2. The van der Waals surface area contributed by atoms with Gasteiger partial charge in [0.05, 0.1) is 22.6 Å². The Morgan fingerprint density at radius 3 is 3.05 bits per heavy atom. The van der Waals surface area contributed by atoms with E-state index in [9.17, 15) is 4.79 Å². The van der Waals surface area contributed by atoms with Crippen molar-refractivity contribution in [3.63, 3.8) is 0 Å². The van der Waals surface area contributed by atoms with Gasteiger partial charge in [0, 0.05) is 17.6 Å². The van der Waals surface area contributed by atoms with Crippen LogP contribution in [0.25, 0.3) is 10.9 Å². The van der Waals surface area contributed by atoms with Crippen molar-refractivity contribution in [2.45, 2.75) is 24.0 Å². The lowest BCUT2D eigenvalue weighted by Gasteiger charge is -2.33. The highest BCUT2D eigenvalue weighted by molar-refractivity contribution is 6.21. The van der Waals surface area contributed by atoms with Gasteiger partial charge in [0.15, 0.2) is 0 Å². The van der Waals surface area contributed by atoms with Crippen LogP contribution >= 0.6 is 11.6 Å². The van der Waals surface area contributed by atoms with Crippen molar-refractivity contribution in [3.05, 3.63) is 42.1 Å². The highest BCUT2D eigenvalue weighted by Gasteiger charge is 2.30. The minimum Gasteiger partial charge on any atom is -0.348 e. The monoisotopic (exact) mass is 304 g/mol. The second-order valence-corrected chi connectivity index (χ2v) is 5.65. The number of carbonyl (C=O) groups excluding carboxylic acids is 1. The lowest BCUT2D eigenvalue weighted by Crippen LogP contribution is -2.60. The molecule has 3 atom stereocenters. The molecule has 0 aliphatic carbocycles. The maximum atomic E-state index is 12.5. The van der Waals surface area contributed by atoms with Gasteiger partial charge in [-0.1, -0.05) is 18.2 Å². The fourth-order valence-corrected chi connectivity index (χ4v) is 2.90. The summed E-state index contributed by atoms with van der Waals surface area (Å²) >= 11 is 6.09. The third-order valence-electron chi connectivity index (χ3n) is 3.79. The third-order valence-corrected chi connectivity index (χ3v) is 4.24. The summed E-state index contributed by atoms with van der Waals surface area (Å²) in [5.41, 5.74) is 6.97. The Kier molecular flexibility index (Phi) is 4.05. The molecular formula is C15H17ClN4O. The van der Waals surface area contributed by atoms with Gasteiger partial charge in [-0.3, -0.25) is 15.1 Å². The molecule has 1 saturated heterocycles. The van der Waals surface area contributed by atoms with Crippen LogP contribution in [0.5, 0.6) is 0 Å². The van der Waals surface area contributed by atoms with E-state index in [1.165, 1.54) is 0 Å². The molecule has 6 heteroatoms. The van der Waals surface area contributed by atoms with Crippen LogP contribution in [0.15, 0.2) is 36.5 Å². The molecule has 2 heterocycles. The Balaban J connectivity index is 1.84. The summed E-state index contributed by atoms with van der Waals surface area (Å²) in [6, 6.07) is 8.90. The molecule has 2 aromatic rings. The van der Waals surface area contributed by atoms with Gasteiger partial charge < -0.3 is 11.1 Å². The normalized spacial score (nSPS) is 25.7. The second-order valence-electron chi connectivity index (χ2n) is 5.18. The Morgan fingerprint density at radius 1 is 1.38 bits per heavy atom. The van der Waals surface area contributed by atoms with Crippen molar-refractivity contribution >= 4 is 28.4 Å². The standard InChI is InChI=1S/C15H17ClN4O/c16-14-12(17)11(6-8-19-14)20-15(21)10-5-1-3-9-4-2-7-18-13(9)10/h1-5,7,11-12,14,19H,6,8,17H2,(H,20,21). The average Bonchev–Trinajstić information content (AvgIpc) is 2.51. The van der Waals surface area contributed by atoms with Gasteiger partial charge in [-0.05, 0) is 25.1 Å². The van der Waals surface area contributed by atoms with E-state index in [1.54, 1.807) is 12.3 Å². The Morgan fingerprint density at radius 2 is 2.19 bits per heavy atom. The maximum Gasteiger partial charge on any atom is 0.253 e. The zero-order valence-corrected chi connectivity index (χ0v) is 12.2. The number of pyridine rings is 1. The maximum absolute atomic E-state index is 12.5. The summed E-state index contributed by atoms with van der Waals surface area (Å²) in [5.74, 6) is -0.162. The molecular weight excluding hydrogens is 288 g/mol. The van der Waals surface area contributed by atoms with Crippen LogP contribution in [0.2, 0.25) is 0 Å². The number of fused-ring (bicyclic) bond motifs is 1. The first-order valence-electron chi connectivity index (χ1n) is 6.94. The molecule has 0 radical (unpaired) electrons. The molecule has 1 aromatic carbocycles. The van der Waals surface area contributed by atoms with Gasteiger partial charge in [-0.2, -0.15) is 0 Å². The van der Waals surface area contributed by atoms with E-state index in [-0.39, 0.29) is 23.5 Å². The van der Waals surface area contributed by atoms with Crippen LogP contribution < -0.4 is 16.4 Å². The number of nitrogens with two attached hydrogens (primary N) is 1. The molecule has 0 bridgehead atoms. The van der Waals surface area contributed by atoms with Crippen molar-refractivity contribution in [1.29, 1.82) is 0 Å². The van der Waals surface area contributed by atoms with Crippen LogP contribution in [-0.2, 0) is 0 Å². The number of rotatable bonds is 2. The quantitative estimate of drug-likeness (QED) is 0.576. The lowest BCUT2D eigenvalue weighted by molar-refractivity contribution is 0.0923. The van der Waals surface area contributed by atoms with E-state index in [4.69, 9.17) is 17.3 Å². The Hall–Kier alpha value is -1.69. The molecule has 1 aliphatic heterocycles. The van der Waals surface area contributed by atoms with Crippen LogP contribution in [-0.4, -0.2) is 35.0 Å². The van der Waals surface area contributed by atoms with Crippen molar-refractivity contribution < 1.29 is 4.79 Å². The van der Waals surface area contributed by atoms with Gasteiger partial charge in [0.25, 0.3) is 5.91 Å². The number of hydrogen-bond acceptors (Lipinski definition) is 4. The zero-order chi connectivity index (χ0) is 14.8. The molecule has 0 saturated carbocycles. The van der Waals surface area contributed by atoms with Crippen molar-refractivity contribution in [2.24, 2.45) is 5.73 Å². The number of benzene rings is 1. The molecule has 4 N–H and O–H groups in total. The summed E-state index contributed by atoms with van der Waals surface area (Å²) in [4.78, 5) is 16.8. The van der Waals surface area contributed by atoms with Gasteiger partial charge in [0.1, 0.15) is 0 Å². The highest BCUT2D eigenvalue weighted by atomic mass is 35.5. The largest absolute Gasteiger partial charge is 0.348 e. The van der Waals surface area contributed by atoms with Gasteiger partial charge >= 0.3 is 0 Å². The van der Waals surface area contributed by atoms with Gasteiger partial charge in [0.2, 0.25) is 0 Å². The smallest absolute Gasteiger partial charge is 0.253 e. The summed E-state index contributed by atoms with van der Waals surface area (Å²) in [6.07, 6.45) is 2.44. The van der Waals surface area contributed by atoms with Gasteiger partial charge in [-0.25, -0.2) is 0 Å². The average molecular weight is 305 g/mol. The van der Waals surface area contributed by atoms with E-state index in [0.717, 1.165) is 18.4 Å². The first kappa shape index (κ1) is 14.3. The summed E-state index contributed by atoms with van der Waals surface area (Å²) < 4.78 is 0. The molecule has 110 valence electrons. The van der Waals surface area contributed by atoms with E-state index in [2.05, 4.69) is 15.6 Å². The van der Waals surface area contributed by atoms with Crippen molar-refractivity contribution in [2.75, 3.05) is 6.54 Å². The highest BCUT2D eigenvalue weighted by Crippen LogP contribution is 2.17. The third kappa shape index (κ3) is 2.85. The van der Waals surface area contributed by atoms with Crippen LogP contribution in [0.3, 0.4) is 0 Å². The molecule has 5 nitrogen and oxygen atoms in total. The van der Waals surface area contributed by atoms with E-state index < -0.39 is 0 Å². The number of alkyl halides is 1. The number of carbonyl (C=O) groups is 1. The first-order chi connectivity index (χ1) is 10.2. The molecule has 1 amide bonds. The number of halogens is 1. The fourth-order valence-electron chi connectivity index (χ4n) is 2.61. The number of amides is 1. The Labute approximate surface area is 127 Å². The number of hydrogen-bond donors (Lipinski definition) is 3. The fraction of sp³-hybridized carbons (Fsp3) is 0.333. The second kappa shape index (κ2) is 5.97. The van der Waals surface area contributed by atoms with E-state index in [0.29, 0.717) is 11.1 Å². The van der Waals surface area contributed by atoms with Gasteiger partial charge in [-0.15, -0.1) is 11.6 Å². The number of aromatic nitrogens is 1. The lowest BCUT2D eigenvalue weighted by atomic mass is 10.0. The minimum absolute atomic E-state index is 0.139. The van der Waals surface area contributed by atoms with Crippen LogP contribution in [0, 0.1) is 0 Å². The SMILES string of the molecule is NC1C(Cl)NCCC1NC(=O)c1cccc2cccnc12. The number of para-hydroxylation sites is 1. The van der Waals surface area contributed by atoms with Crippen molar-refractivity contribution in [1.82, 2.24) is 15.6 Å². The molecule has 21 heavy (non-hydrogen) atoms. The molecule has 3 unspecified atom stereocenters. The number of nitrogens with zero attached hydrogens (tertiary/aromatic N) is 1. The first-order valence-corrected chi connectivity index (χ1v) is 7.38. The topological polar surface area (TPSA) is 80.0 Å². The predicted molar refractivity (Wildman–Crippen MR) is 83.2 cm³/mol. The molecule has 1 aromatic heterocycles. The predicted octanol–water partition coefficient (Wildman–Crippen LogP) is 1.22. The molecule has 3 rings (SSSR count). The summed E-state index contributed by atoms with van der Waals surface area (Å²) in [6.45, 7) is 0.737.